The Kier molecular flexibility index (Phi) is 4.60. The maximum Gasteiger partial charge on any atom is 0.226 e. The van der Waals surface area contributed by atoms with Gasteiger partial charge in [-0.05, 0) is 30.2 Å². The molecule has 3 heterocycles. The van der Waals surface area contributed by atoms with Crippen LogP contribution in [0.4, 0.5) is 5.13 Å². The Morgan fingerprint density at radius 3 is 3.00 bits per heavy atom. The first-order valence-electron chi connectivity index (χ1n) is 9.74. The molecule has 0 aliphatic carbocycles. The summed E-state index contributed by atoms with van der Waals surface area (Å²) in [6, 6.07) is 14.2. The maximum atomic E-state index is 12.5. The van der Waals surface area contributed by atoms with Gasteiger partial charge in [0, 0.05) is 36.7 Å². The number of amides is 1. The minimum atomic E-state index is 0.0203. The lowest BCUT2D eigenvalue weighted by molar-refractivity contribution is -0.125. The summed E-state index contributed by atoms with van der Waals surface area (Å²) in [5, 5.41) is 5.26. The number of aromatic nitrogens is 2. The van der Waals surface area contributed by atoms with Gasteiger partial charge in [0.2, 0.25) is 5.91 Å². The SMILES string of the molecule is COc1cccc2sc(N3CC(C(=O)NCCc4c[nH]c5ccccc45)C3)nc12. The Labute approximate surface area is 172 Å². The van der Waals surface area contributed by atoms with Crippen molar-refractivity contribution in [1.82, 2.24) is 15.3 Å². The molecular formula is C22H22N4O2S. The average molecular weight is 407 g/mol. The number of methoxy groups -OCH3 is 1. The van der Waals surface area contributed by atoms with Gasteiger partial charge in [0.1, 0.15) is 11.3 Å². The molecule has 6 nitrogen and oxygen atoms in total. The molecule has 0 bridgehead atoms. The fourth-order valence-electron chi connectivity index (χ4n) is 3.82. The molecule has 0 saturated carbocycles. The van der Waals surface area contributed by atoms with Crippen molar-refractivity contribution in [1.29, 1.82) is 0 Å². The van der Waals surface area contributed by atoms with E-state index < -0.39 is 0 Å². The van der Waals surface area contributed by atoms with E-state index in [9.17, 15) is 4.79 Å². The number of carbonyl (C=O) groups is 1. The van der Waals surface area contributed by atoms with Crippen molar-refractivity contribution in [2.45, 2.75) is 6.42 Å². The molecule has 1 saturated heterocycles. The van der Waals surface area contributed by atoms with Gasteiger partial charge in [-0.15, -0.1) is 0 Å². The molecule has 5 rings (SSSR count). The zero-order valence-corrected chi connectivity index (χ0v) is 17.0. The lowest BCUT2D eigenvalue weighted by Crippen LogP contribution is -2.54. The van der Waals surface area contributed by atoms with Crippen molar-refractivity contribution in [3.05, 3.63) is 54.2 Å². The second-order valence-electron chi connectivity index (χ2n) is 7.31. The highest BCUT2D eigenvalue weighted by atomic mass is 32.1. The number of benzene rings is 2. The van der Waals surface area contributed by atoms with Crippen LogP contribution in [0.1, 0.15) is 5.56 Å². The van der Waals surface area contributed by atoms with Gasteiger partial charge in [0.25, 0.3) is 0 Å². The first-order chi connectivity index (χ1) is 14.2. The Bertz CT molecular complexity index is 1180. The van der Waals surface area contributed by atoms with Gasteiger partial charge in [-0.25, -0.2) is 4.98 Å². The van der Waals surface area contributed by atoms with Gasteiger partial charge in [-0.1, -0.05) is 35.6 Å². The van der Waals surface area contributed by atoms with Gasteiger partial charge in [-0.3, -0.25) is 4.79 Å². The highest BCUT2D eigenvalue weighted by Gasteiger charge is 2.34. The molecule has 29 heavy (non-hydrogen) atoms. The number of para-hydroxylation sites is 2. The highest BCUT2D eigenvalue weighted by molar-refractivity contribution is 7.22. The second kappa shape index (κ2) is 7.40. The summed E-state index contributed by atoms with van der Waals surface area (Å²) in [5.41, 5.74) is 3.26. The molecular weight excluding hydrogens is 384 g/mol. The van der Waals surface area contributed by atoms with Gasteiger partial charge in [0.05, 0.1) is 17.7 Å². The third-order valence-corrected chi connectivity index (χ3v) is 6.56. The van der Waals surface area contributed by atoms with E-state index >= 15 is 0 Å². The van der Waals surface area contributed by atoms with Crippen LogP contribution in [-0.4, -0.2) is 42.6 Å². The predicted molar refractivity (Wildman–Crippen MR) is 117 cm³/mol. The van der Waals surface area contributed by atoms with Crippen LogP contribution in [0.3, 0.4) is 0 Å². The number of aromatic amines is 1. The number of fused-ring (bicyclic) bond motifs is 2. The summed E-state index contributed by atoms with van der Waals surface area (Å²) in [4.78, 5) is 22.6. The standard InChI is InChI=1S/C22H22N4O2S/c1-28-18-7-4-8-19-20(18)25-22(29-19)26-12-15(13-26)21(27)23-10-9-14-11-24-17-6-3-2-5-16(14)17/h2-8,11,15,24H,9-10,12-13H2,1H3,(H,23,27). The van der Waals surface area contributed by atoms with E-state index in [0.29, 0.717) is 19.6 Å². The van der Waals surface area contributed by atoms with Gasteiger partial charge >= 0.3 is 0 Å². The van der Waals surface area contributed by atoms with Crippen molar-refractivity contribution in [2.24, 2.45) is 5.92 Å². The summed E-state index contributed by atoms with van der Waals surface area (Å²) in [6.07, 6.45) is 2.85. The van der Waals surface area contributed by atoms with Crippen LogP contribution in [0, 0.1) is 5.92 Å². The summed E-state index contributed by atoms with van der Waals surface area (Å²) >= 11 is 1.64. The number of H-pyrrole nitrogens is 1. The number of hydrogen-bond donors (Lipinski definition) is 2. The zero-order chi connectivity index (χ0) is 19.8. The topological polar surface area (TPSA) is 70.2 Å². The fourth-order valence-corrected chi connectivity index (χ4v) is 4.82. The van der Waals surface area contributed by atoms with Crippen LogP contribution < -0.4 is 15.0 Å². The third-order valence-electron chi connectivity index (χ3n) is 5.48. The fraction of sp³-hybridized carbons (Fsp3) is 0.273. The summed E-state index contributed by atoms with van der Waals surface area (Å²) in [7, 11) is 1.66. The van der Waals surface area contributed by atoms with E-state index in [0.717, 1.165) is 33.0 Å². The number of nitrogens with zero attached hydrogens (tertiary/aromatic N) is 2. The van der Waals surface area contributed by atoms with Crippen LogP contribution >= 0.6 is 11.3 Å². The predicted octanol–water partition coefficient (Wildman–Crippen LogP) is 3.58. The number of rotatable bonds is 6. The largest absolute Gasteiger partial charge is 0.494 e. The molecule has 4 aromatic rings. The van der Waals surface area contributed by atoms with Crippen LogP contribution in [-0.2, 0) is 11.2 Å². The zero-order valence-electron chi connectivity index (χ0n) is 16.1. The van der Waals surface area contributed by atoms with E-state index in [4.69, 9.17) is 9.72 Å². The maximum absolute atomic E-state index is 12.5. The minimum Gasteiger partial charge on any atom is -0.494 e. The first-order valence-corrected chi connectivity index (χ1v) is 10.6. The van der Waals surface area contributed by atoms with Crippen molar-refractivity contribution < 1.29 is 9.53 Å². The van der Waals surface area contributed by atoms with E-state index in [1.165, 1.54) is 10.9 Å². The molecule has 7 heteroatoms. The van der Waals surface area contributed by atoms with Gasteiger partial charge in [-0.2, -0.15) is 0 Å². The minimum absolute atomic E-state index is 0.0203. The first kappa shape index (κ1) is 18.0. The molecule has 0 atom stereocenters. The van der Waals surface area contributed by atoms with Crippen LogP contribution in [0.5, 0.6) is 5.75 Å². The molecule has 1 amide bonds. The number of ether oxygens (including phenoxy) is 1. The molecule has 1 aliphatic heterocycles. The van der Waals surface area contributed by atoms with Crippen LogP contribution in [0.2, 0.25) is 0 Å². The normalized spacial score (nSPS) is 14.3. The van der Waals surface area contributed by atoms with Gasteiger partial charge < -0.3 is 19.9 Å². The van der Waals surface area contributed by atoms with E-state index in [1.54, 1.807) is 18.4 Å². The number of thiazole rings is 1. The van der Waals surface area contributed by atoms with Crippen LogP contribution in [0.25, 0.3) is 21.1 Å². The molecule has 1 aliphatic rings. The van der Waals surface area contributed by atoms with E-state index in [1.807, 2.05) is 36.5 Å². The van der Waals surface area contributed by atoms with Crippen molar-refractivity contribution in [3.8, 4) is 5.75 Å². The molecule has 2 N–H and O–H groups in total. The molecule has 2 aromatic carbocycles. The number of nitrogens with one attached hydrogen (secondary N) is 2. The number of carbonyl (C=O) groups excluding carboxylic acids is 1. The Morgan fingerprint density at radius 1 is 1.28 bits per heavy atom. The van der Waals surface area contributed by atoms with Crippen molar-refractivity contribution >= 4 is 43.5 Å². The molecule has 2 aromatic heterocycles. The lowest BCUT2D eigenvalue weighted by Gasteiger charge is -2.37. The van der Waals surface area contributed by atoms with Gasteiger partial charge in [0.15, 0.2) is 5.13 Å². The second-order valence-corrected chi connectivity index (χ2v) is 8.31. The van der Waals surface area contributed by atoms with Crippen LogP contribution in [0.15, 0.2) is 48.7 Å². The van der Waals surface area contributed by atoms with E-state index in [-0.39, 0.29) is 11.8 Å². The summed E-state index contributed by atoms with van der Waals surface area (Å²) < 4.78 is 6.50. The summed E-state index contributed by atoms with van der Waals surface area (Å²) in [6.45, 7) is 2.07. The third kappa shape index (κ3) is 3.31. The molecule has 0 unspecified atom stereocenters. The Balaban J connectivity index is 1.15. The summed E-state index contributed by atoms with van der Waals surface area (Å²) in [5.74, 6) is 0.934. The quantitative estimate of drug-likeness (QED) is 0.513. The molecule has 148 valence electrons. The lowest BCUT2D eigenvalue weighted by atomic mass is 10.00. The van der Waals surface area contributed by atoms with E-state index in [2.05, 4.69) is 27.3 Å². The monoisotopic (exact) mass is 406 g/mol. The smallest absolute Gasteiger partial charge is 0.226 e. The highest BCUT2D eigenvalue weighted by Crippen LogP contribution is 2.36. The molecule has 1 fully saturated rings. The number of anilines is 1. The molecule has 0 spiro atoms. The Morgan fingerprint density at radius 2 is 2.14 bits per heavy atom. The molecule has 0 radical (unpaired) electrons. The Hall–Kier alpha value is -3.06. The average Bonchev–Trinajstić information content (AvgIpc) is 3.31. The van der Waals surface area contributed by atoms with Crippen molar-refractivity contribution in [2.75, 3.05) is 31.6 Å². The van der Waals surface area contributed by atoms with Crippen molar-refractivity contribution in [3.63, 3.8) is 0 Å². The number of hydrogen-bond acceptors (Lipinski definition) is 5.